The Kier molecular flexibility index (Phi) is 4.79. The number of sulfonamides is 1. The first-order valence-electron chi connectivity index (χ1n) is 7.15. The molecule has 24 heavy (non-hydrogen) atoms. The highest BCUT2D eigenvalue weighted by atomic mass is 32.2. The van der Waals surface area contributed by atoms with Gasteiger partial charge in [-0.05, 0) is 49.7 Å². The van der Waals surface area contributed by atoms with Crippen LogP contribution in [0.5, 0.6) is 0 Å². The van der Waals surface area contributed by atoms with Crippen LogP contribution in [0.15, 0.2) is 35.1 Å². The zero-order chi connectivity index (χ0) is 18.1. The molecule has 0 aliphatic heterocycles. The van der Waals surface area contributed by atoms with Crippen molar-refractivity contribution in [1.29, 1.82) is 0 Å². The van der Waals surface area contributed by atoms with Crippen LogP contribution in [-0.2, 0) is 10.0 Å². The summed E-state index contributed by atoms with van der Waals surface area (Å²) in [5.74, 6) is -0.447. The van der Waals surface area contributed by atoms with Crippen molar-refractivity contribution in [3.63, 3.8) is 0 Å². The fourth-order valence-electron chi connectivity index (χ4n) is 2.03. The standard InChI is InChI=1S/C16H19N3O4S/c1-10-9-14(16(21)17-11(10)2)18-15(20)12-5-7-13(8-6-12)19(3)24(4,22)23/h5-9H,1-4H3,(H,17,21)(H,18,20). The van der Waals surface area contributed by atoms with Gasteiger partial charge < -0.3 is 10.3 Å². The van der Waals surface area contributed by atoms with Crippen molar-refractivity contribution in [2.75, 3.05) is 22.9 Å². The maximum absolute atomic E-state index is 12.2. The number of aromatic amines is 1. The van der Waals surface area contributed by atoms with E-state index in [-0.39, 0.29) is 11.2 Å². The molecule has 1 heterocycles. The first-order valence-corrected chi connectivity index (χ1v) is 9.00. The van der Waals surface area contributed by atoms with E-state index in [1.165, 1.54) is 31.3 Å². The van der Waals surface area contributed by atoms with Gasteiger partial charge in [-0.2, -0.15) is 0 Å². The van der Waals surface area contributed by atoms with E-state index < -0.39 is 15.9 Å². The van der Waals surface area contributed by atoms with Crippen molar-refractivity contribution in [3.8, 4) is 0 Å². The van der Waals surface area contributed by atoms with Gasteiger partial charge in [-0.15, -0.1) is 0 Å². The fourth-order valence-corrected chi connectivity index (χ4v) is 2.53. The van der Waals surface area contributed by atoms with Gasteiger partial charge in [0.1, 0.15) is 5.69 Å². The summed E-state index contributed by atoms with van der Waals surface area (Å²) in [6.45, 7) is 3.61. The molecule has 1 aromatic heterocycles. The third-order valence-corrected chi connectivity index (χ3v) is 4.94. The van der Waals surface area contributed by atoms with Crippen LogP contribution in [0, 0.1) is 13.8 Å². The zero-order valence-corrected chi connectivity index (χ0v) is 14.7. The third kappa shape index (κ3) is 3.83. The van der Waals surface area contributed by atoms with Crippen LogP contribution in [0.3, 0.4) is 0 Å². The number of amides is 1. The summed E-state index contributed by atoms with van der Waals surface area (Å²) in [6.07, 6.45) is 1.10. The molecule has 0 saturated heterocycles. The first kappa shape index (κ1) is 17.7. The normalized spacial score (nSPS) is 11.2. The van der Waals surface area contributed by atoms with Crippen molar-refractivity contribution in [2.45, 2.75) is 13.8 Å². The Balaban J connectivity index is 2.22. The van der Waals surface area contributed by atoms with Crippen LogP contribution in [0.2, 0.25) is 0 Å². The number of aromatic nitrogens is 1. The molecule has 2 N–H and O–H groups in total. The second-order valence-electron chi connectivity index (χ2n) is 5.55. The minimum Gasteiger partial charge on any atom is -0.324 e. The van der Waals surface area contributed by atoms with Gasteiger partial charge in [0.25, 0.3) is 11.5 Å². The summed E-state index contributed by atoms with van der Waals surface area (Å²) >= 11 is 0. The minimum atomic E-state index is -3.36. The molecule has 0 spiro atoms. The van der Waals surface area contributed by atoms with Gasteiger partial charge in [0.2, 0.25) is 10.0 Å². The average Bonchev–Trinajstić information content (AvgIpc) is 2.51. The number of rotatable bonds is 4. The number of pyridine rings is 1. The number of H-pyrrole nitrogens is 1. The minimum absolute atomic E-state index is 0.167. The molecule has 0 atom stereocenters. The number of benzene rings is 1. The molecule has 0 saturated carbocycles. The number of hydrogen-bond donors (Lipinski definition) is 2. The Morgan fingerprint density at radius 1 is 1.17 bits per heavy atom. The number of carbonyl (C=O) groups is 1. The lowest BCUT2D eigenvalue weighted by atomic mass is 10.1. The van der Waals surface area contributed by atoms with E-state index in [9.17, 15) is 18.0 Å². The Hall–Kier alpha value is -2.61. The molecule has 7 nitrogen and oxygen atoms in total. The van der Waals surface area contributed by atoms with Gasteiger partial charge in [0.15, 0.2) is 0 Å². The molecule has 1 aromatic carbocycles. The molecule has 0 fully saturated rings. The number of nitrogens with one attached hydrogen (secondary N) is 2. The highest BCUT2D eigenvalue weighted by molar-refractivity contribution is 7.92. The smallest absolute Gasteiger partial charge is 0.271 e. The van der Waals surface area contributed by atoms with Gasteiger partial charge in [0, 0.05) is 18.3 Å². The quantitative estimate of drug-likeness (QED) is 0.876. The summed E-state index contributed by atoms with van der Waals surface area (Å²) in [4.78, 5) is 26.8. The van der Waals surface area contributed by atoms with Crippen molar-refractivity contribution in [2.24, 2.45) is 0 Å². The molecule has 2 aromatic rings. The summed E-state index contributed by atoms with van der Waals surface area (Å²) in [7, 11) is -1.94. The highest BCUT2D eigenvalue weighted by Gasteiger charge is 2.14. The lowest BCUT2D eigenvalue weighted by Gasteiger charge is -2.16. The molecule has 128 valence electrons. The maximum atomic E-state index is 12.2. The Morgan fingerprint density at radius 3 is 2.29 bits per heavy atom. The van der Waals surface area contributed by atoms with Gasteiger partial charge in [-0.3, -0.25) is 13.9 Å². The molecule has 0 radical (unpaired) electrons. The van der Waals surface area contributed by atoms with Crippen LogP contribution >= 0.6 is 0 Å². The molecule has 8 heteroatoms. The number of carbonyl (C=O) groups excluding carboxylic acids is 1. The maximum Gasteiger partial charge on any atom is 0.271 e. The number of anilines is 2. The monoisotopic (exact) mass is 349 g/mol. The summed E-state index contributed by atoms with van der Waals surface area (Å²) in [5.41, 5.74) is 2.15. The third-order valence-electron chi connectivity index (χ3n) is 3.74. The molecule has 0 bridgehead atoms. The topological polar surface area (TPSA) is 99.3 Å². The number of aryl methyl sites for hydroxylation is 2. The molecule has 0 unspecified atom stereocenters. The van der Waals surface area contributed by atoms with Crippen molar-refractivity contribution in [3.05, 3.63) is 57.5 Å². The Bertz CT molecular complexity index is 931. The number of nitrogens with zero attached hydrogens (tertiary/aromatic N) is 1. The van der Waals surface area contributed by atoms with Crippen molar-refractivity contribution < 1.29 is 13.2 Å². The summed E-state index contributed by atoms with van der Waals surface area (Å²) < 4.78 is 24.1. The largest absolute Gasteiger partial charge is 0.324 e. The van der Waals surface area contributed by atoms with E-state index in [1.807, 2.05) is 6.92 Å². The average molecular weight is 349 g/mol. The molecular weight excluding hydrogens is 330 g/mol. The lowest BCUT2D eigenvalue weighted by molar-refractivity contribution is 0.102. The zero-order valence-electron chi connectivity index (χ0n) is 13.9. The second kappa shape index (κ2) is 6.48. The van der Waals surface area contributed by atoms with E-state index in [1.54, 1.807) is 13.0 Å². The molecule has 2 rings (SSSR count). The van der Waals surface area contributed by atoms with Crippen LogP contribution < -0.4 is 15.2 Å². The Morgan fingerprint density at radius 2 is 1.75 bits per heavy atom. The summed E-state index contributed by atoms with van der Waals surface area (Å²) in [6, 6.07) is 7.67. The highest BCUT2D eigenvalue weighted by Crippen LogP contribution is 2.17. The van der Waals surface area contributed by atoms with Crippen LogP contribution in [0.1, 0.15) is 21.6 Å². The van der Waals surface area contributed by atoms with Crippen LogP contribution in [0.25, 0.3) is 0 Å². The summed E-state index contributed by atoms with van der Waals surface area (Å²) in [5, 5.41) is 2.56. The van der Waals surface area contributed by atoms with E-state index in [2.05, 4.69) is 10.3 Å². The van der Waals surface area contributed by atoms with Gasteiger partial charge in [-0.1, -0.05) is 0 Å². The van der Waals surface area contributed by atoms with Crippen molar-refractivity contribution >= 4 is 27.3 Å². The molecular formula is C16H19N3O4S. The number of hydrogen-bond acceptors (Lipinski definition) is 4. The first-order chi connectivity index (χ1) is 11.1. The molecule has 1 amide bonds. The van der Waals surface area contributed by atoms with E-state index in [0.29, 0.717) is 11.3 Å². The molecule has 0 aliphatic carbocycles. The van der Waals surface area contributed by atoms with Crippen LogP contribution in [0.4, 0.5) is 11.4 Å². The second-order valence-corrected chi connectivity index (χ2v) is 7.57. The predicted molar refractivity (Wildman–Crippen MR) is 94.2 cm³/mol. The van der Waals surface area contributed by atoms with Gasteiger partial charge in [0.05, 0.1) is 11.9 Å². The molecule has 0 aliphatic rings. The van der Waals surface area contributed by atoms with Crippen molar-refractivity contribution in [1.82, 2.24) is 4.98 Å². The van der Waals surface area contributed by atoms with E-state index in [0.717, 1.165) is 21.8 Å². The SMILES string of the molecule is Cc1cc(NC(=O)c2ccc(N(C)S(C)(=O)=O)cc2)c(=O)[nH]c1C. The van der Waals surface area contributed by atoms with E-state index >= 15 is 0 Å². The van der Waals surface area contributed by atoms with E-state index in [4.69, 9.17) is 0 Å². The van der Waals surface area contributed by atoms with Gasteiger partial charge >= 0.3 is 0 Å². The van der Waals surface area contributed by atoms with Crippen LogP contribution in [-0.4, -0.2) is 32.6 Å². The fraction of sp³-hybridized carbons (Fsp3) is 0.250. The van der Waals surface area contributed by atoms with Gasteiger partial charge in [-0.25, -0.2) is 8.42 Å². The lowest BCUT2D eigenvalue weighted by Crippen LogP contribution is -2.25. The predicted octanol–water partition coefficient (Wildman–Crippen LogP) is 1.64. The Labute approximate surface area is 140 Å².